The fourth-order valence-electron chi connectivity index (χ4n) is 4.25. The predicted molar refractivity (Wildman–Crippen MR) is 134 cm³/mol. The summed E-state index contributed by atoms with van der Waals surface area (Å²) in [5.41, 5.74) is 0.476. The summed E-state index contributed by atoms with van der Waals surface area (Å²) >= 11 is 7.35. The Balaban J connectivity index is 1.44. The second kappa shape index (κ2) is 9.57. The minimum absolute atomic E-state index is 0.0558. The lowest BCUT2D eigenvalue weighted by Crippen LogP contribution is -2.23. The van der Waals surface area contributed by atoms with Gasteiger partial charge in [-0.3, -0.25) is 4.72 Å². The van der Waals surface area contributed by atoms with Gasteiger partial charge >= 0.3 is 6.18 Å². The van der Waals surface area contributed by atoms with Crippen LogP contribution in [-0.4, -0.2) is 46.4 Å². The zero-order chi connectivity index (χ0) is 26.5. The van der Waals surface area contributed by atoms with E-state index in [2.05, 4.69) is 4.72 Å². The summed E-state index contributed by atoms with van der Waals surface area (Å²) in [4.78, 5) is 2.46. The van der Waals surface area contributed by atoms with Crippen LogP contribution in [0, 0.1) is 6.92 Å². The van der Waals surface area contributed by atoms with E-state index in [4.69, 9.17) is 25.8 Å². The Kier molecular flexibility index (Phi) is 6.71. The molecular formula is C24H22ClF3N2O5S2. The average Bonchev–Trinajstić information content (AvgIpc) is 3.52. The van der Waals surface area contributed by atoms with Crippen molar-refractivity contribution < 1.29 is 35.8 Å². The molecule has 2 aromatic carbocycles. The van der Waals surface area contributed by atoms with Gasteiger partial charge in [-0.15, -0.1) is 11.3 Å². The molecule has 0 amide bonds. The quantitative estimate of drug-likeness (QED) is 0.389. The number of nitrogens with zero attached hydrogens (tertiary/aromatic N) is 1. The second-order valence-corrected chi connectivity index (χ2v) is 12.2. The first-order valence-electron chi connectivity index (χ1n) is 11.2. The van der Waals surface area contributed by atoms with Gasteiger partial charge in [-0.25, -0.2) is 8.42 Å². The maximum atomic E-state index is 13.6. The summed E-state index contributed by atoms with van der Waals surface area (Å²) in [6.07, 6.45) is -4.52. The number of aryl methyl sites for hydroxylation is 1. The van der Waals surface area contributed by atoms with Crippen LogP contribution in [0.15, 0.2) is 40.6 Å². The highest BCUT2D eigenvalue weighted by atomic mass is 35.5. The summed E-state index contributed by atoms with van der Waals surface area (Å²) < 4.78 is 85.9. The van der Waals surface area contributed by atoms with Crippen molar-refractivity contribution in [3.8, 4) is 27.7 Å². The second-order valence-electron chi connectivity index (χ2n) is 8.87. The monoisotopic (exact) mass is 574 g/mol. The fourth-order valence-corrected chi connectivity index (χ4v) is 7.19. The molecule has 3 heterocycles. The number of thiophene rings is 1. The maximum Gasteiger partial charge on any atom is 0.419 e. The zero-order valence-corrected chi connectivity index (χ0v) is 22.1. The number of ether oxygens (including phenoxy) is 3. The Morgan fingerprint density at radius 1 is 1.16 bits per heavy atom. The Labute approximate surface area is 220 Å². The van der Waals surface area contributed by atoms with Gasteiger partial charge in [-0.05, 0) is 56.3 Å². The van der Waals surface area contributed by atoms with Gasteiger partial charge in [0, 0.05) is 24.7 Å². The van der Waals surface area contributed by atoms with Crippen molar-refractivity contribution in [1.29, 1.82) is 0 Å². The smallest absolute Gasteiger partial charge is 0.419 e. The van der Waals surface area contributed by atoms with Gasteiger partial charge in [0.15, 0.2) is 11.5 Å². The van der Waals surface area contributed by atoms with Gasteiger partial charge in [0.2, 0.25) is 6.79 Å². The molecular weight excluding hydrogens is 553 g/mol. The average molecular weight is 575 g/mol. The van der Waals surface area contributed by atoms with Crippen LogP contribution in [0.1, 0.15) is 17.5 Å². The molecule has 0 radical (unpaired) electrons. The minimum Gasteiger partial charge on any atom is -0.488 e. The van der Waals surface area contributed by atoms with Crippen molar-refractivity contribution >= 4 is 38.6 Å². The SMILES string of the molecule is Cc1cc2c(cc1-c1sc(S(=O)(=O)Nc3ccc(C(F)(F)F)c(O[C@@H]4CCN(C)C4)c3)cc1Cl)OCO2. The van der Waals surface area contributed by atoms with E-state index in [0.717, 1.165) is 35.1 Å². The molecule has 0 aliphatic carbocycles. The molecule has 13 heteroatoms. The number of alkyl halides is 3. The Bertz CT molecular complexity index is 1460. The summed E-state index contributed by atoms with van der Waals surface area (Å²) in [5, 5.41) is 0.217. The number of halogens is 4. The molecule has 0 bridgehead atoms. The molecule has 1 aromatic heterocycles. The largest absolute Gasteiger partial charge is 0.488 e. The first-order chi connectivity index (χ1) is 17.4. The van der Waals surface area contributed by atoms with Gasteiger partial charge < -0.3 is 19.1 Å². The van der Waals surface area contributed by atoms with Gasteiger partial charge in [0.05, 0.1) is 21.2 Å². The minimum atomic E-state index is -4.66. The third kappa shape index (κ3) is 5.33. The standard InChI is InChI=1S/C24H22ClF3N2O5S2/c1-13-7-20-21(34-12-33-20)9-16(13)23-18(25)10-22(36-23)37(31,32)29-14-3-4-17(24(26,27)28)19(8-14)35-15-5-6-30(2)11-15/h3-4,7-10,15,29H,5-6,11-12H2,1-2H3/t15-/m1/s1. The van der Waals surface area contributed by atoms with E-state index in [1.807, 2.05) is 18.9 Å². The normalized spacial score (nSPS) is 17.8. The van der Waals surface area contributed by atoms with Crippen LogP contribution in [0.3, 0.4) is 0 Å². The first-order valence-corrected chi connectivity index (χ1v) is 13.9. The molecule has 5 rings (SSSR count). The highest BCUT2D eigenvalue weighted by Crippen LogP contribution is 2.45. The van der Waals surface area contributed by atoms with E-state index >= 15 is 0 Å². The lowest BCUT2D eigenvalue weighted by atomic mass is 10.1. The number of hydrogen-bond acceptors (Lipinski definition) is 7. The van der Waals surface area contributed by atoms with Crippen molar-refractivity contribution in [2.75, 3.05) is 31.7 Å². The first kappa shape index (κ1) is 26.0. The zero-order valence-electron chi connectivity index (χ0n) is 19.7. The van der Waals surface area contributed by atoms with Crippen LogP contribution in [0.4, 0.5) is 18.9 Å². The number of hydrogen-bond donors (Lipinski definition) is 1. The Morgan fingerprint density at radius 2 is 1.89 bits per heavy atom. The molecule has 1 N–H and O–H groups in total. The van der Waals surface area contributed by atoms with Crippen LogP contribution in [0.5, 0.6) is 17.2 Å². The summed E-state index contributed by atoms with van der Waals surface area (Å²) in [5.74, 6) is 0.695. The van der Waals surface area contributed by atoms with Gasteiger partial charge in [0.1, 0.15) is 16.1 Å². The summed E-state index contributed by atoms with van der Waals surface area (Å²) in [6, 6.07) is 7.77. The summed E-state index contributed by atoms with van der Waals surface area (Å²) in [7, 11) is -2.31. The van der Waals surface area contributed by atoms with Crippen molar-refractivity contribution in [2.45, 2.75) is 29.8 Å². The molecule has 2 aliphatic heterocycles. The number of fused-ring (bicyclic) bond motifs is 1. The summed E-state index contributed by atoms with van der Waals surface area (Å²) in [6.45, 7) is 3.10. The van der Waals surface area contributed by atoms with E-state index in [9.17, 15) is 21.6 Å². The highest BCUT2D eigenvalue weighted by molar-refractivity contribution is 7.94. The number of rotatable bonds is 6. The van der Waals surface area contributed by atoms with Crippen LogP contribution in [0.25, 0.3) is 10.4 Å². The van der Waals surface area contributed by atoms with Crippen molar-refractivity contribution in [3.63, 3.8) is 0 Å². The Morgan fingerprint density at radius 3 is 2.57 bits per heavy atom. The lowest BCUT2D eigenvalue weighted by Gasteiger charge is -2.19. The molecule has 1 fully saturated rings. The number of benzene rings is 2. The molecule has 2 aliphatic rings. The number of sulfonamides is 1. The number of likely N-dealkylation sites (tertiary alicyclic amines) is 1. The number of anilines is 1. The van der Waals surface area contributed by atoms with Crippen molar-refractivity contribution in [2.24, 2.45) is 0 Å². The molecule has 7 nitrogen and oxygen atoms in total. The van der Waals surface area contributed by atoms with E-state index in [1.54, 1.807) is 12.1 Å². The number of nitrogens with one attached hydrogen (secondary N) is 1. The van der Waals surface area contributed by atoms with Gasteiger partial charge in [-0.2, -0.15) is 13.2 Å². The van der Waals surface area contributed by atoms with Crippen LogP contribution in [0.2, 0.25) is 5.02 Å². The third-order valence-electron chi connectivity index (χ3n) is 6.07. The molecule has 37 heavy (non-hydrogen) atoms. The Hall–Kier alpha value is -2.67. The highest BCUT2D eigenvalue weighted by Gasteiger charge is 2.36. The molecule has 0 spiro atoms. The van der Waals surface area contributed by atoms with Gasteiger partial charge in [0.25, 0.3) is 10.0 Å². The van der Waals surface area contributed by atoms with Crippen LogP contribution in [-0.2, 0) is 16.2 Å². The van der Waals surface area contributed by atoms with Gasteiger partial charge in [-0.1, -0.05) is 11.6 Å². The molecule has 0 saturated carbocycles. The predicted octanol–water partition coefficient (Wildman–Crippen LogP) is 6.01. The molecule has 1 atom stereocenters. The van der Waals surface area contributed by atoms with E-state index in [0.29, 0.717) is 41.4 Å². The third-order valence-corrected chi connectivity index (χ3v) is 9.51. The van der Waals surface area contributed by atoms with E-state index in [-0.39, 0.29) is 21.7 Å². The molecule has 0 unspecified atom stereocenters. The van der Waals surface area contributed by atoms with Crippen LogP contribution >= 0.6 is 22.9 Å². The molecule has 1 saturated heterocycles. The van der Waals surface area contributed by atoms with E-state index in [1.165, 1.54) is 6.07 Å². The van der Waals surface area contributed by atoms with Crippen molar-refractivity contribution in [1.82, 2.24) is 4.90 Å². The van der Waals surface area contributed by atoms with Crippen molar-refractivity contribution in [3.05, 3.63) is 52.5 Å². The van der Waals surface area contributed by atoms with Crippen LogP contribution < -0.4 is 18.9 Å². The molecule has 3 aromatic rings. The lowest BCUT2D eigenvalue weighted by molar-refractivity contribution is -0.139. The van der Waals surface area contributed by atoms with E-state index < -0.39 is 33.6 Å². The maximum absolute atomic E-state index is 13.6. The number of likely N-dealkylation sites (N-methyl/N-ethyl adjacent to an activating group) is 1. The topological polar surface area (TPSA) is 77.1 Å². The molecule has 198 valence electrons. The fraction of sp³-hybridized carbons (Fsp3) is 0.333.